The summed E-state index contributed by atoms with van der Waals surface area (Å²) in [6.45, 7) is 10.4. The number of aromatic nitrogens is 3. The molecule has 2 heterocycles. The highest BCUT2D eigenvalue weighted by atomic mass is 15.2. The molecule has 0 saturated carbocycles. The van der Waals surface area contributed by atoms with Crippen LogP contribution in [-0.2, 0) is 5.41 Å². The van der Waals surface area contributed by atoms with Crippen LogP contribution in [0.15, 0.2) is 12.3 Å². The zero-order valence-electron chi connectivity index (χ0n) is 10.6. The number of nitrogens with one attached hydrogen (secondary N) is 1. The Labute approximate surface area is 96.3 Å². The lowest BCUT2D eigenvalue weighted by Gasteiger charge is -2.17. The zero-order chi connectivity index (χ0) is 12.3. The first-order chi connectivity index (χ1) is 7.50. The summed E-state index contributed by atoms with van der Waals surface area (Å²) in [6.07, 6.45) is 1.77. The van der Waals surface area contributed by atoms with Gasteiger partial charge in [-0.2, -0.15) is 5.10 Å². The fraction of sp³-hybridized carbons (Fsp3) is 0.500. The topological polar surface area (TPSA) is 67.6 Å². The van der Waals surface area contributed by atoms with Gasteiger partial charge in [0.05, 0.1) is 11.2 Å². The van der Waals surface area contributed by atoms with Crippen LogP contribution in [-0.4, -0.2) is 15.2 Å². The maximum atomic E-state index is 5.72. The van der Waals surface area contributed by atoms with Crippen molar-refractivity contribution in [2.45, 2.75) is 40.0 Å². The number of fused-ring (bicyclic) bond motifs is 1. The van der Waals surface area contributed by atoms with Gasteiger partial charge in [0.1, 0.15) is 0 Å². The average molecular weight is 220 g/mol. The molecule has 2 aromatic heterocycles. The molecular formula is C12H20N4. The molecule has 0 aliphatic rings. The van der Waals surface area contributed by atoms with Crippen LogP contribution in [0.1, 0.15) is 40.3 Å². The third kappa shape index (κ3) is 2.15. The van der Waals surface area contributed by atoms with Gasteiger partial charge in [-0.3, -0.25) is 10.1 Å². The molecule has 0 spiro atoms. The number of hydrogen-bond acceptors (Lipinski definition) is 3. The van der Waals surface area contributed by atoms with Gasteiger partial charge in [0, 0.05) is 17.0 Å². The molecule has 0 fully saturated rings. The minimum absolute atomic E-state index is 0.00150. The van der Waals surface area contributed by atoms with Crippen molar-refractivity contribution in [3.05, 3.63) is 18.0 Å². The first-order valence-corrected chi connectivity index (χ1v) is 5.59. The number of hydrogen-bond donors (Lipinski definition) is 2. The molecule has 0 radical (unpaired) electrons. The molecule has 88 valence electrons. The molecule has 4 nitrogen and oxygen atoms in total. The normalized spacial score (nSPS) is 11.1. The molecule has 2 rings (SSSR count). The molecule has 2 aromatic rings. The number of H-pyrrole nitrogens is 1. The van der Waals surface area contributed by atoms with Gasteiger partial charge in [0.15, 0.2) is 5.82 Å². The summed E-state index contributed by atoms with van der Waals surface area (Å²) in [5.41, 5.74) is 7.66. The van der Waals surface area contributed by atoms with E-state index in [1.165, 1.54) is 0 Å². The third-order valence-corrected chi connectivity index (χ3v) is 2.23. The Kier molecular flexibility index (Phi) is 3.52. The minimum Gasteiger partial charge on any atom is -0.382 e. The Bertz CT molecular complexity index is 465. The van der Waals surface area contributed by atoms with Crippen LogP contribution in [0, 0.1) is 0 Å². The lowest BCUT2D eigenvalue weighted by atomic mass is 9.90. The number of nitrogens with two attached hydrogens (primary N) is 1. The maximum absolute atomic E-state index is 5.72. The van der Waals surface area contributed by atoms with Gasteiger partial charge in [-0.05, 0) is 6.07 Å². The largest absolute Gasteiger partial charge is 0.382 e. The van der Waals surface area contributed by atoms with Gasteiger partial charge in [0.2, 0.25) is 0 Å². The predicted octanol–water partition coefficient (Wildman–Crippen LogP) is 2.86. The van der Waals surface area contributed by atoms with Crippen LogP contribution in [0.5, 0.6) is 0 Å². The minimum atomic E-state index is -0.00150. The SMILES string of the molecule is CC.CC(C)(C)c1nccc2c(N)n[nH]c12. The predicted molar refractivity (Wildman–Crippen MR) is 68.3 cm³/mol. The fourth-order valence-corrected chi connectivity index (χ4v) is 1.53. The molecule has 16 heavy (non-hydrogen) atoms. The summed E-state index contributed by atoms with van der Waals surface area (Å²) in [5, 5.41) is 7.86. The van der Waals surface area contributed by atoms with E-state index in [0.717, 1.165) is 16.6 Å². The third-order valence-electron chi connectivity index (χ3n) is 2.23. The molecule has 3 N–H and O–H groups in total. The van der Waals surface area contributed by atoms with Crippen molar-refractivity contribution in [2.24, 2.45) is 0 Å². The Morgan fingerprint density at radius 2 is 1.88 bits per heavy atom. The van der Waals surface area contributed by atoms with Gasteiger partial charge in [-0.25, -0.2) is 0 Å². The Morgan fingerprint density at radius 3 is 2.44 bits per heavy atom. The lowest BCUT2D eigenvalue weighted by molar-refractivity contribution is 0.574. The molecule has 0 aromatic carbocycles. The van der Waals surface area contributed by atoms with Crippen molar-refractivity contribution in [1.29, 1.82) is 0 Å². The van der Waals surface area contributed by atoms with Crippen LogP contribution in [0.2, 0.25) is 0 Å². The molecule has 0 aliphatic carbocycles. The van der Waals surface area contributed by atoms with E-state index in [9.17, 15) is 0 Å². The summed E-state index contributed by atoms with van der Waals surface area (Å²) in [4.78, 5) is 4.36. The van der Waals surface area contributed by atoms with Crippen LogP contribution < -0.4 is 5.73 Å². The highest BCUT2D eigenvalue weighted by Crippen LogP contribution is 2.28. The summed E-state index contributed by atoms with van der Waals surface area (Å²) < 4.78 is 0. The molecular weight excluding hydrogens is 200 g/mol. The van der Waals surface area contributed by atoms with E-state index < -0.39 is 0 Å². The van der Waals surface area contributed by atoms with E-state index in [0.29, 0.717) is 5.82 Å². The molecule has 0 bridgehead atoms. The van der Waals surface area contributed by atoms with Crippen molar-refractivity contribution in [1.82, 2.24) is 15.2 Å². The number of anilines is 1. The molecule has 0 aliphatic heterocycles. The lowest BCUT2D eigenvalue weighted by Crippen LogP contribution is -2.13. The first kappa shape index (κ1) is 12.5. The van der Waals surface area contributed by atoms with Crippen LogP contribution in [0.4, 0.5) is 5.82 Å². The fourth-order valence-electron chi connectivity index (χ4n) is 1.53. The summed E-state index contributed by atoms with van der Waals surface area (Å²) >= 11 is 0. The maximum Gasteiger partial charge on any atom is 0.153 e. The Hall–Kier alpha value is -1.58. The summed E-state index contributed by atoms with van der Waals surface area (Å²) in [7, 11) is 0. The smallest absolute Gasteiger partial charge is 0.153 e. The van der Waals surface area contributed by atoms with E-state index in [4.69, 9.17) is 5.73 Å². The second kappa shape index (κ2) is 4.51. The zero-order valence-corrected chi connectivity index (χ0v) is 10.6. The summed E-state index contributed by atoms with van der Waals surface area (Å²) in [6, 6.07) is 1.88. The Balaban J connectivity index is 0.000000606. The second-order valence-corrected chi connectivity index (χ2v) is 4.44. The number of aromatic amines is 1. The molecule has 0 unspecified atom stereocenters. The van der Waals surface area contributed by atoms with Gasteiger partial charge >= 0.3 is 0 Å². The number of rotatable bonds is 0. The number of nitrogen functional groups attached to an aromatic ring is 1. The molecule has 0 saturated heterocycles. The van der Waals surface area contributed by atoms with Gasteiger partial charge in [-0.15, -0.1) is 0 Å². The van der Waals surface area contributed by atoms with E-state index in [-0.39, 0.29) is 5.41 Å². The Morgan fingerprint density at radius 1 is 1.25 bits per heavy atom. The van der Waals surface area contributed by atoms with Crippen LogP contribution in [0.25, 0.3) is 10.9 Å². The van der Waals surface area contributed by atoms with E-state index in [1.54, 1.807) is 6.20 Å². The van der Waals surface area contributed by atoms with Gasteiger partial charge in [-0.1, -0.05) is 34.6 Å². The number of pyridine rings is 1. The van der Waals surface area contributed by atoms with E-state index in [2.05, 4.69) is 36.0 Å². The summed E-state index contributed by atoms with van der Waals surface area (Å²) in [5.74, 6) is 0.535. The molecule has 4 heteroatoms. The van der Waals surface area contributed by atoms with Crippen molar-refractivity contribution >= 4 is 16.7 Å². The van der Waals surface area contributed by atoms with E-state index >= 15 is 0 Å². The monoisotopic (exact) mass is 220 g/mol. The quantitative estimate of drug-likeness (QED) is 0.717. The molecule has 0 atom stereocenters. The highest BCUT2D eigenvalue weighted by molar-refractivity contribution is 5.90. The van der Waals surface area contributed by atoms with Crippen LogP contribution in [0.3, 0.4) is 0 Å². The van der Waals surface area contributed by atoms with Crippen LogP contribution >= 0.6 is 0 Å². The second-order valence-electron chi connectivity index (χ2n) is 4.44. The average Bonchev–Trinajstić information content (AvgIpc) is 2.62. The molecule has 0 amide bonds. The van der Waals surface area contributed by atoms with Crippen molar-refractivity contribution < 1.29 is 0 Å². The van der Waals surface area contributed by atoms with Crippen molar-refractivity contribution in [3.63, 3.8) is 0 Å². The van der Waals surface area contributed by atoms with Gasteiger partial charge in [0.25, 0.3) is 0 Å². The van der Waals surface area contributed by atoms with E-state index in [1.807, 2.05) is 19.9 Å². The van der Waals surface area contributed by atoms with Gasteiger partial charge < -0.3 is 5.73 Å². The standard InChI is InChI=1S/C10H14N4.C2H6/c1-10(2,3)8-7-6(4-5-12-8)9(11)14-13-7;1-2/h4-5H,1-3H3,(H3,11,13,14);1-2H3. The van der Waals surface area contributed by atoms with Crippen molar-refractivity contribution in [3.8, 4) is 0 Å². The van der Waals surface area contributed by atoms with Crippen molar-refractivity contribution in [2.75, 3.05) is 5.73 Å². The first-order valence-electron chi connectivity index (χ1n) is 5.59. The number of nitrogens with zero attached hydrogens (tertiary/aromatic N) is 2. The highest BCUT2D eigenvalue weighted by Gasteiger charge is 2.20.